The molecule has 0 aromatic heterocycles. The fourth-order valence-electron chi connectivity index (χ4n) is 1.60. The third-order valence-electron chi connectivity index (χ3n) is 2.86. The van der Waals surface area contributed by atoms with Gasteiger partial charge in [0.15, 0.2) is 0 Å². The highest BCUT2D eigenvalue weighted by molar-refractivity contribution is 6.42. The molecule has 0 aliphatic carbocycles. The average Bonchev–Trinajstić information content (AvgIpc) is 2.43. The number of hydrogen-bond donors (Lipinski definition) is 1. The van der Waals surface area contributed by atoms with E-state index in [2.05, 4.69) is 10.5 Å². The minimum atomic E-state index is 0.511. The van der Waals surface area contributed by atoms with E-state index in [0.29, 0.717) is 15.1 Å². The molecule has 0 spiro atoms. The molecule has 0 aliphatic heterocycles. The molecule has 5 heteroatoms. The number of benzene rings is 2. The molecule has 2 nitrogen and oxygen atoms in total. The zero-order valence-electron chi connectivity index (χ0n) is 11.0. The Labute approximate surface area is 133 Å². The van der Waals surface area contributed by atoms with E-state index in [4.69, 9.17) is 34.8 Å². The van der Waals surface area contributed by atoms with Crippen molar-refractivity contribution in [1.82, 2.24) is 0 Å². The third-order valence-corrected chi connectivity index (χ3v) is 4.01. The van der Waals surface area contributed by atoms with Gasteiger partial charge in [-0.25, -0.2) is 0 Å². The van der Waals surface area contributed by atoms with E-state index in [1.54, 1.807) is 12.1 Å². The van der Waals surface area contributed by atoms with Gasteiger partial charge in [-0.05, 0) is 49.2 Å². The summed E-state index contributed by atoms with van der Waals surface area (Å²) in [4.78, 5) is 0. The molecule has 0 unspecified atom stereocenters. The van der Waals surface area contributed by atoms with Crippen LogP contribution in [0, 0.1) is 6.92 Å². The largest absolute Gasteiger partial charge is 0.278 e. The summed E-state index contributed by atoms with van der Waals surface area (Å²) in [6.07, 6.45) is 0. The molecule has 2 rings (SSSR count). The first-order valence-corrected chi connectivity index (χ1v) is 7.12. The van der Waals surface area contributed by atoms with Crippen molar-refractivity contribution in [1.29, 1.82) is 0 Å². The zero-order chi connectivity index (χ0) is 14.7. The van der Waals surface area contributed by atoms with E-state index in [9.17, 15) is 0 Å². The van der Waals surface area contributed by atoms with Crippen LogP contribution in [0.25, 0.3) is 0 Å². The monoisotopic (exact) mass is 326 g/mol. The number of nitrogens with zero attached hydrogens (tertiary/aromatic N) is 1. The molecule has 0 heterocycles. The SMILES string of the molecule is C/C(=N/Nc1ccc(C)c(Cl)c1)c1ccc(Cl)c(Cl)c1. The van der Waals surface area contributed by atoms with E-state index in [1.807, 2.05) is 38.1 Å². The second-order valence-electron chi connectivity index (χ2n) is 4.40. The van der Waals surface area contributed by atoms with Gasteiger partial charge in [0, 0.05) is 5.02 Å². The quantitative estimate of drug-likeness (QED) is 0.560. The normalized spacial score (nSPS) is 11.6. The summed E-state index contributed by atoms with van der Waals surface area (Å²) >= 11 is 17.9. The van der Waals surface area contributed by atoms with Crippen LogP contribution in [-0.2, 0) is 0 Å². The van der Waals surface area contributed by atoms with Crippen molar-refractivity contribution in [2.75, 3.05) is 5.43 Å². The lowest BCUT2D eigenvalue weighted by Gasteiger charge is -2.06. The number of rotatable bonds is 3. The highest BCUT2D eigenvalue weighted by atomic mass is 35.5. The Hall–Kier alpha value is -1.22. The molecule has 0 radical (unpaired) electrons. The topological polar surface area (TPSA) is 24.4 Å². The van der Waals surface area contributed by atoms with Gasteiger partial charge in [0.1, 0.15) is 0 Å². The molecule has 20 heavy (non-hydrogen) atoms. The molecule has 2 aromatic carbocycles. The van der Waals surface area contributed by atoms with Crippen molar-refractivity contribution < 1.29 is 0 Å². The summed E-state index contributed by atoms with van der Waals surface area (Å²) < 4.78 is 0. The molecule has 0 saturated heterocycles. The van der Waals surface area contributed by atoms with Crippen LogP contribution < -0.4 is 5.43 Å². The van der Waals surface area contributed by atoms with Gasteiger partial charge in [-0.2, -0.15) is 5.10 Å². The van der Waals surface area contributed by atoms with Gasteiger partial charge in [-0.3, -0.25) is 5.43 Å². The molecule has 0 amide bonds. The molecular weight excluding hydrogens is 315 g/mol. The summed E-state index contributed by atoms with van der Waals surface area (Å²) in [5.74, 6) is 0. The molecule has 0 bridgehead atoms. The van der Waals surface area contributed by atoms with E-state index >= 15 is 0 Å². The highest BCUT2D eigenvalue weighted by Crippen LogP contribution is 2.23. The average molecular weight is 328 g/mol. The van der Waals surface area contributed by atoms with Crippen molar-refractivity contribution in [2.24, 2.45) is 5.10 Å². The van der Waals surface area contributed by atoms with Crippen molar-refractivity contribution in [2.45, 2.75) is 13.8 Å². The molecule has 0 atom stereocenters. The van der Waals surface area contributed by atoms with Gasteiger partial charge in [-0.1, -0.05) is 46.9 Å². The van der Waals surface area contributed by atoms with Gasteiger partial charge < -0.3 is 0 Å². The lowest BCUT2D eigenvalue weighted by atomic mass is 10.1. The fourth-order valence-corrected chi connectivity index (χ4v) is 2.08. The van der Waals surface area contributed by atoms with Gasteiger partial charge in [0.05, 0.1) is 21.4 Å². The van der Waals surface area contributed by atoms with E-state index < -0.39 is 0 Å². The van der Waals surface area contributed by atoms with Gasteiger partial charge in [0.2, 0.25) is 0 Å². The maximum atomic E-state index is 6.06. The number of nitrogens with one attached hydrogen (secondary N) is 1. The summed E-state index contributed by atoms with van der Waals surface area (Å²) in [5.41, 5.74) is 6.55. The Kier molecular flexibility index (Phi) is 4.92. The van der Waals surface area contributed by atoms with Gasteiger partial charge >= 0.3 is 0 Å². The van der Waals surface area contributed by atoms with Crippen molar-refractivity contribution in [3.63, 3.8) is 0 Å². The summed E-state index contributed by atoms with van der Waals surface area (Å²) in [5, 5.41) is 6.06. The van der Waals surface area contributed by atoms with Crippen molar-refractivity contribution in [3.8, 4) is 0 Å². The lowest BCUT2D eigenvalue weighted by molar-refractivity contribution is 1.31. The van der Waals surface area contributed by atoms with Crippen LogP contribution in [-0.4, -0.2) is 5.71 Å². The Balaban J connectivity index is 2.17. The van der Waals surface area contributed by atoms with Crippen molar-refractivity contribution in [3.05, 3.63) is 62.6 Å². The van der Waals surface area contributed by atoms with Crippen LogP contribution in [0.15, 0.2) is 41.5 Å². The maximum Gasteiger partial charge on any atom is 0.0649 e. The maximum absolute atomic E-state index is 6.06. The van der Waals surface area contributed by atoms with Crippen LogP contribution in [0.5, 0.6) is 0 Å². The van der Waals surface area contributed by atoms with Crippen LogP contribution >= 0.6 is 34.8 Å². The first-order valence-electron chi connectivity index (χ1n) is 5.99. The van der Waals surface area contributed by atoms with E-state index in [-0.39, 0.29) is 0 Å². The predicted molar refractivity (Wildman–Crippen MR) is 88.5 cm³/mol. The van der Waals surface area contributed by atoms with E-state index in [1.165, 1.54) is 0 Å². The lowest BCUT2D eigenvalue weighted by Crippen LogP contribution is -1.99. The Bertz CT molecular complexity index is 666. The molecule has 0 saturated carbocycles. The minimum Gasteiger partial charge on any atom is -0.278 e. The predicted octanol–water partition coefficient (Wildman–Crippen LogP) is 5.79. The summed E-state index contributed by atoms with van der Waals surface area (Å²) in [7, 11) is 0. The smallest absolute Gasteiger partial charge is 0.0649 e. The number of hydrogen-bond acceptors (Lipinski definition) is 2. The van der Waals surface area contributed by atoms with Crippen molar-refractivity contribution >= 4 is 46.2 Å². The first kappa shape index (κ1) is 15.2. The second kappa shape index (κ2) is 6.49. The molecule has 1 N–H and O–H groups in total. The van der Waals surface area contributed by atoms with Gasteiger partial charge in [-0.15, -0.1) is 0 Å². The summed E-state index contributed by atoms with van der Waals surface area (Å²) in [6.45, 7) is 3.85. The second-order valence-corrected chi connectivity index (χ2v) is 5.62. The third kappa shape index (κ3) is 3.66. The fraction of sp³-hybridized carbons (Fsp3) is 0.133. The molecule has 0 fully saturated rings. The molecule has 104 valence electrons. The van der Waals surface area contributed by atoms with E-state index in [0.717, 1.165) is 22.5 Å². The highest BCUT2D eigenvalue weighted by Gasteiger charge is 2.03. The Morgan fingerprint density at radius 1 is 0.950 bits per heavy atom. The molecular formula is C15H13Cl3N2. The molecule has 0 aliphatic rings. The Morgan fingerprint density at radius 3 is 2.35 bits per heavy atom. The minimum absolute atomic E-state index is 0.511. The first-order chi connectivity index (χ1) is 9.47. The number of halogens is 3. The Morgan fingerprint density at radius 2 is 1.70 bits per heavy atom. The summed E-state index contributed by atoms with van der Waals surface area (Å²) in [6, 6.07) is 11.1. The van der Waals surface area contributed by atoms with Crippen LogP contribution in [0.4, 0.5) is 5.69 Å². The molecule has 2 aromatic rings. The van der Waals surface area contributed by atoms with Crippen LogP contribution in [0.1, 0.15) is 18.1 Å². The number of hydrazone groups is 1. The number of anilines is 1. The van der Waals surface area contributed by atoms with Crippen LogP contribution in [0.2, 0.25) is 15.1 Å². The zero-order valence-corrected chi connectivity index (χ0v) is 13.3. The van der Waals surface area contributed by atoms with Gasteiger partial charge in [0.25, 0.3) is 0 Å². The van der Waals surface area contributed by atoms with Crippen LogP contribution in [0.3, 0.4) is 0 Å². The standard InChI is InChI=1S/C15H13Cl3N2/c1-9-3-5-12(8-14(9)17)20-19-10(2)11-4-6-13(16)15(18)7-11/h3-8,20H,1-2H3/b19-10-. The number of aryl methyl sites for hydroxylation is 1.